The number of fused-ring (bicyclic) bond motifs is 6. The molecule has 0 N–H and O–H groups in total. The zero-order valence-corrected chi connectivity index (χ0v) is 31.2. The van der Waals surface area contributed by atoms with Crippen molar-refractivity contribution in [2.24, 2.45) is 0 Å². The summed E-state index contributed by atoms with van der Waals surface area (Å²) < 4.78 is 0. The molecule has 9 aromatic carbocycles. The monoisotopic (exact) mass is 715 g/mol. The summed E-state index contributed by atoms with van der Waals surface area (Å²) in [6, 6.07) is 66.9. The van der Waals surface area contributed by atoms with Crippen LogP contribution in [0.4, 0.5) is 0 Å². The van der Waals surface area contributed by atoms with Gasteiger partial charge in [-0.1, -0.05) is 170 Å². The van der Waals surface area contributed by atoms with Crippen LogP contribution in [0.15, 0.2) is 188 Å². The molecule has 0 aliphatic rings. The van der Waals surface area contributed by atoms with E-state index in [9.17, 15) is 0 Å². The zero-order valence-electron chi connectivity index (χ0n) is 31.2. The Hall–Kier alpha value is -7.23. The first-order valence-corrected chi connectivity index (χ1v) is 19.1. The van der Waals surface area contributed by atoms with Crippen LogP contribution >= 0.6 is 0 Å². The number of aryl methyl sites for hydroxylation is 2. The van der Waals surface area contributed by atoms with Crippen molar-refractivity contribution in [3.8, 4) is 67.5 Å². The lowest BCUT2D eigenvalue weighted by Crippen LogP contribution is -2.00. The third kappa shape index (κ3) is 5.91. The van der Waals surface area contributed by atoms with E-state index in [-0.39, 0.29) is 0 Å². The first kappa shape index (κ1) is 33.3. The maximum Gasteiger partial charge on any atom is 0.164 e. The number of hydrogen-bond acceptors (Lipinski definition) is 3. The van der Waals surface area contributed by atoms with Gasteiger partial charge in [0.1, 0.15) is 0 Å². The normalized spacial score (nSPS) is 11.4. The molecule has 56 heavy (non-hydrogen) atoms. The molecule has 0 fully saturated rings. The van der Waals surface area contributed by atoms with Crippen molar-refractivity contribution in [2.75, 3.05) is 0 Å². The summed E-state index contributed by atoms with van der Waals surface area (Å²) in [4.78, 5) is 15.0. The van der Waals surface area contributed by atoms with Crippen LogP contribution in [-0.2, 0) is 0 Å². The highest BCUT2D eigenvalue weighted by Gasteiger charge is 2.17. The summed E-state index contributed by atoms with van der Waals surface area (Å²) in [6.45, 7) is 4.41. The second-order valence-corrected chi connectivity index (χ2v) is 14.5. The minimum Gasteiger partial charge on any atom is -0.208 e. The minimum atomic E-state index is 0.649. The van der Waals surface area contributed by atoms with Gasteiger partial charge in [0.05, 0.1) is 0 Å². The molecule has 0 amide bonds. The highest BCUT2D eigenvalue weighted by molar-refractivity contribution is 6.26. The van der Waals surface area contributed by atoms with Crippen molar-refractivity contribution in [1.82, 2.24) is 15.0 Å². The van der Waals surface area contributed by atoms with Gasteiger partial charge in [-0.05, 0) is 109 Å². The van der Waals surface area contributed by atoms with E-state index >= 15 is 0 Å². The predicted octanol–water partition coefficient (Wildman–Crippen LogP) is 14.0. The standard InChI is InChI=1S/C53H37N3/c1-34-15-9-10-23-42(34)50-35(2)16-13-26-43(50)40-22-14-21-38(31-40)39-27-29-47-48(32-39)45-25-12-11-24-44(45)46-30-28-41(33-49(46)47)53-55-51(36-17-5-3-6-18-36)54-52(56-53)37-19-7-4-8-20-37/h3-33H,1-2H3. The molecule has 10 rings (SSSR count). The molecule has 0 unspecified atom stereocenters. The number of aromatic nitrogens is 3. The molecular formula is C53H37N3. The maximum atomic E-state index is 5.05. The Morgan fingerprint density at radius 1 is 0.268 bits per heavy atom. The maximum absolute atomic E-state index is 5.05. The highest BCUT2D eigenvalue weighted by atomic mass is 15.0. The summed E-state index contributed by atoms with van der Waals surface area (Å²) in [5.74, 6) is 1.96. The first-order valence-electron chi connectivity index (χ1n) is 19.1. The first-order chi connectivity index (χ1) is 27.6. The number of benzene rings is 9. The lowest BCUT2D eigenvalue weighted by atomic mass is 9.87. The Morgan fingerprint density at radius 3 is 1.38 bits per heavy atom. The molecule has 3 nitrogen and oxygen atoms in total. The molecule has 0 bridgehead atoms. The molecule has 0 aliphatic carbocycles. The van der Waals surface area contributed by atoms with Gasteiger partial charge in [0.2, 0.25) is 0 Å². The zero-order chi connectivity index (χ0) is 37.6. The number of rotatable bonds is 6. The van der Waals surface area contributed by atoms with E-state index in [4.69, 9.17) is 15.0 Å². The van der Waals surface area contributed by atoms with Gasteiger partial charge < -0.3 is 0 Å². The molecule has 0 atom stereocenters. The van der Waals surface area contributed by atoms with Gasteiger partial charge in [0.25, 0.3) is 0 Å². The summed E-state index contributed by atoms with van der Waals surface area (Å²) in [6.07, 6.45) is 0. The van der Waals surface area contributed by atoms with Crippen LogP contribution in [0.25, 0.3) is 99.9 Å². The van der Waals surface area contributed by atoms with Gasteiger partial charge in [0, 0.05) is 16.7 Å². The van der Waals surface area contributed by atoms with Gasteiger partial charge >= 0.3 is 0 Å². The van der Waals surface area contributed by atoms with E-state index in [2.05, 4.69) is 141 Å². The molecule has 1 aromatic heterocycles. The van der Waals surface area contributed by atoms with Crippen LogP contribution in [0.3, 0.4) is 0 Å². The van der Waals surface area contributed by atoms with E-state index in [0.717, 1.165) is 16.7 Å². The summed E-state index contributed by atoms with van der Waals surface area (Å²) >= 11 is 0. The molecular weight excluding hydrogens is 679 g/mol. The molecule has 3 heteroatoms. The Morgan fingerprint density at radius 2 is 0.696 bits per heavy atom. The van der Waals surface area contributed by atoms with Crippen molar-refractivity contribution in [3.05, 3.63) is 199 Å². The van der Waals surface area contributed by atoms with Crippen LogP contribution in [-0.4, -0.2) is 15.0 Å². The molecule has 0 aliphatic heterocycles. The van der Waals surface area contributed by atoms with Crippen molar-refractivity contribution in [1.29, 1.82) is 0 Å². The van der Waals surface area contributed by atoms with Crippen molar-refractivity contribution >= 4 is 32.3 Å². The minimum absolute atomic E-state index is 0.649. The van der Waals surface area contributed by atoms with Gasteiger partial charge in [-0.2, -0.15) is 0 Å². The van der Waals surface area contributed by atoms with Crippen molar-refractivity contribution in [2.45, 2.75) is 13.8 Å². The fourth-order valence-corrected chi connectivity index (χ4v) is 8.20. The third-order valence-electron chi connectivity index (χ3n) is 11.0. The number of hydrogen-bond donors (Lipinski definition) is 0. The van der Waals surface area contributed by atoms with Crippen LogP contribution in [0, 0.1) is 13.8 Å². The Labute approximate surface area is 326 Å². The predicted molar refractivity (Wildman–Crippen MR) is 234 cm³/mol. The largest absolute Gasteiger partial charge is 0.208 e. The summed E-state index contributed by atoms with van der Waals surface area (Å²) in [5.41, 5.74) is 12.8. The lowest BCUT2D eigenvalue weighted by Gasteiger charge is -2.17. The number of nitrogens with zero attached hydrogens (tertiary/aromatic N) is 3. The fourth-order valence-electron chi connectivity index (χ4n) is 8.20. The average Bonchev–Trinajstić information content (AvgIpc) is 3.27. The third-order valence-corrected chi connectivity index (χ3v) is 11.0. The summed E-state index contributed by atoms with van der Waals surface area (Å²) in [5, 5.41) is 7.24. The lowest BCUT2D eigenvalue weighted by molar-refractivity contribution is 1.07. The van der Waals surface area contributed by atoms with Gasteiger partial charge in [-0.3, -0.25) is 0 Å². The average molecular weight is 716 g/mol. The molecule has 1 heterocycles. The van der Waals surface area contributed by atoms with Crippen molar-refractivity contribution < 1.29 is 0 Å². The molecule has 264 valence electrons. The van der Waals surface area contributed by atoms with Crippen LogP contribution in [0.2, 0.25) is 0 Å². The van der Waals surface area contributed by atoms with Crippen LogP contribution in [0.5, 0.6) is 0 Å². The van der Waals surface area contributed by atoms with Crippen LogP contribution < -0.4 is 0 Å². The molecule has 0 saturated carbocycles. The smallest absolute Gasteiger partial charge is 0.164 e. The molecule has 0 spiro atoms. The fraction of sp³-hybridized carbons (Fsp3) is 0.0377. The quantitative estimate of drug-likeness (QED) is 0.161. The van der Waals surface area contributed by atoms with Crippen LogP contribution in [0.1, 0.15) is 11.1 Å². The summed E-state index contributed by atoms with van der Waals surface area (Å²) in [7, 11) is 0. The molecule has 0 saturated heterocycles. The Kier molecular flexibility index (Phi) is 8.26. The molecule has 0 radical (unpaired) electrons. The Balaban J connectivity index is 1.13. The SMILES string of the molecule is Cc1ccccc1-c1c(C)cccc1-c1cccc(-c2ccc3c(c2)c2ccccc2c2ccc(-c4nc(-c5ccccc5)nc(-c5ccccc5)n4)cc23)c1. The molecule has 10 aromatic rings. The van der Waals surface area contributed by atoms with E-state index in [1.165, 1.54) is 76.8 Å². The van der Waals surface area contributed by atoms with E-state index in [0.29, 0.717) is 17.5 Å². The van der Waals surface area contributed by atoms with Gasteiger partial charge in [-0.25, -0.2) is 15.0 Å². The highest BCUT2D eigenvalue weighted by Crippen LogP contribution is 2.41. The van der Waals surface area contributed by atoms with Gasteiger partial charge in [0.15, 0.2) is 17.5 Å². The second kappa shape index (κ2) is 13.9. The topological polar surface area (TPSA) is 38.7 Å². The second-order valence-electron chi connectivity index (χ2n) is 14.5. The van der Waals surface area contributed by atoms with Crippen molar-refractivity contribution in [3.63, 3.8) is 0 Å². The van der Waals surface area contributed by atoms with E-state index in [1.54, 1.807) is 0 Å². The van der Waals surface area contributed by atoms with E-state index in [1.807, 2.05) is 60.7 Å². The Bertz CT molecular complexity index is 3040. The van der Waals surface area contributed by atoms with Gasteiger partial charge in [-0.15, -0.1) is 0 Å². The van der Waals surface area contributed by atoms with E-state index < -0.39 is 0 Å².